The summed E-state index contributed by atoms with van der Waals surface area (Å²) in [5.41, 5.74) is 1.41. The first-order chi connectivity index (χ1) is 10.7. The minimum absolute atomic E-state index is 0.224. The van der Waals surface area contributed by atoms with E-state index in [1.165, 1.54) is 16.9 Å². The molecule has 116 valence electrons. The minimum Gasteiger partial charge on any atom is -0.336 e. The third-order valence-corrected chi connectivity index (χ3v) is 6.12. The molecule has 0 saturated carbocycles. The van der Waals surface area contributed by atoms with E-state index in [2.05, 4.69) is 15.6 Å². The van der Waals surface area contributed by atoms with Crippen LogP contribution in [-0.2, 0) is 12.8 Å². The number of thiophene rings is 1. The van der Waals surface area contributed by atoms with Crippen LogP contribution in [0.1, 0.15) is 51.2 Å². The molecule has 4 rings (SSSR count). The fraction of sp³-hybridized carbons (Fsp3) is 0.529. The molecule has 0 N–H and O–H groups in total. The third-order valence-electron chi connectivity index (χ3n) is 4.90. The second-order valence-corrected chi connectivity index (χ2v) is 7.48. The Hall–Kier alpha value is -1.62. The molecule has 0 radical (unpaired) electrons. The molecular formula is C17H21N3OS. The number of carbonyl (C=O) groups excluding carboxylic acids is 1. The van der Waals surface area contributed by atoms with E-state index in [1.807, 2.05) is 24.2 Å². The Morgan fingerprint density at radius 3 is 3.05 bits per heavy atom. The van der Waals surface area contributed by atoms with Crippen molar-refractivity contribution in [3.63, 3.8) is 0 Å². The monoisotopic (exact) mass is 315 g/mol. The molecule has 0 bridgehead atoms. The molecule has 1 aliphatic heterocycles. The van der Waals surface area contributed by atoms with Crippen LogP contribution in [0, 0.1) is 6.92 Å². The van der Waals surface area contributed by atoms with Crippen molar-refractivity contribution in [2.75, 3.05) is 13.1 Å². The summed E-state index contributed by atoms with van der Waals surface area (Å²) < 4.78 is 2.22. The summed E-state index contributed by atoms with van der Waals surface area (Å²) in [6.45, 7) is 3.72. The highest BCUT2D eigenvalue weighted by atomic mass is 32.1. The van der Waals surface area contributed by atoms with Gasteiger partial charge in [0, 0.05) is 30.4 Å². The van der Waals surface area contributed by atoms with Crippen molar-refractivity contribution in [3.8, 4) is 0 Å². The molecule has 2 aromatic rings. The molecule has 1 aliphatic carbocycles. The smallest absolute Gasteiger partial charge is 0.264 e. The van der Waals surface area contributed by atoms with Crippen LogP contribution in [-0.4, -0.2) is 33.4 Å². The molecule has 1 amide bonds. The third kappa shape index (κ3) is 2.37. The fourth-order valence-corrected chi connectivity index (χ4v) is 4.95. The molecule has 22 heavy (non-hydrogen) atoms. The number of rotatable bonds is 2. The number of hydrogen-bond donors (Lipinski definition) is 0. The van der Waals surface area contributed by atoms with Gasteiger partial charge in [0.15, 0.2) is 0 Å². The number of piperidine rings is 1. The van der Waals surface area contributed by atoms with Crippen molar-refractivity contribution in [3.05, 3.63) is 39.6 Å². The summed E-state index contributed by atoms with van der Waals surface area (Å²) in [6, 6.07) is 2.51. The van der Waals surface area contributed by atoms with Crippen LogP contribution in [0.3, 0.4) is 0 Å². The summed E-state index contributed by atoms with van der Waals surface area (Å²) >= 11 is 1.72. The molecule has 0 spiro atoms. The lowest BCUT2D eigenvalue weighted by atomic mass is 10.0. The van der Waals surface area contributed by atoms with Gasteiger partial charge in [0.1, 0.15) is 5.82 Å². The van der Waals surface area contributed by atoms with Crippen LogP contribution in [0.15, 0.2) is 18.5 Å². The lowest BCUT2D eigenvalue weighted by Gasteiger charge is -2.33. The zero-order chi connectivity index (χ0) is 15.1. The number of amides is 1. The van der Waals surface area contributed by atoms with Gasteiger partial charge in [-0.25, -0.2) is 4.98 Å². The number of likely N-dealkylation sites (tertiary alicyclic amines) is 1. The van der Waals surface area contributed by atoms with Gasteiger partial charge in [-0.1, -0.05) is 0 Å². The molecule has 1 atom stereocenters. The Kier molecular flexibility index (Phi) is 3.53. The SMILES string of the molecule is Cc1nccn1C1CCCN(C(=O)c2cc3c(s2)CCC3)C1. The van der Waals surface area contributed by atoms with Gasteiger partial charge < -0.3 is 9.47 Å². The first-order valence-corrected chi connectivity index (χ1v) is 8.94. The average molecular weight is 315 g/mol. The molecule has 2 aliphatic rings. The molecule has 0 aromatic carbocycles. The minimum atomic E-state index is 0.224. The van der Waals surface area contributed by atoms with E-state index in [-0.39, 0.29) is 5.91 Å². The maximum Gasteiger partial charge on any atom is 0.264 e. The summed E-state index contributed by atoms with van der Waals surface area (Å²) in [7, 11) is 0. The predicted molar refractivity (Wildman–Crippen MR) is 87.5 cm³/mol. The normalized spacial score (nSPS) is 21.1. The number of carbonyl (C=O) groups is 1. The number of nitrogens with zero attached hydrogens (tertiary/aromatic N) is 3. The standard InChI is InChI=1S/C17H21N3OS/c1-12-18-7-9-20(12)14-5-3-8-19(11-14)17(21)16-10-13-4-2-6-15(13)22-16/h7,9-10,14H,2-6,8,11H2,1H3. The van der Waals surface area contributed by atoms with Gasteiger partial charge in [-0.2, -0.15) is 0 Å². The van der Waals surface area contributed by atoms with Crippen LogP contribution in [0.5, 0.6) is 0 Å². The quantitative estimate of drug-likeness (QED) is 0.853. The van der Waals surface area contributed by atoms with Gasteiger partial charge in [-0.3, -0.25) is 4.79 Å². The molecule has 2 aromatic heterocycles. The van der Waals surface area contributed by atoms with Crippen LogP contribution < -0.4 is 0 Å². The zero-order valence-corrected chi connectivity index (χ0v) is 13.7. The summed E-state index contributed by atoms with van der Waals surface area (Å²) in [6.07, 6.45) is 9.63. The van der Waals surface area contributed by atoms with Gasteiger partial charge in [-0.15, -0.1) is 11.3 Å². The topological polar surface area (TPSA) is 38.1 Å². The summed E-state index contributed by atoms with van der Waals surface area (Å²) in [5, 5.41) is 0. The van der Waals surface area contributed by atoms with Crippen molar-refractivity contribution < 1.29 is 4.79 Å². The lowest BCUT2D eigenvalue weighted by Crippen LogP contribution is -2.40. The van der Waals surface area contributed by atoms with Crippen molar-refractivity contribution in [2.24, 2.45) is 0 Å². The number of fused-ring (bicyclic) bond motifs is 1. The second kappa shape index (κ2) is 5.54. The highest BCUT2D eigenvalue weighted by Gasteiger charge is 2.28. The number of aryl methyl sites for hydroxylation is 3. The fourth-order valence-electron chi connectivity index (χ4n) is 3.73. The van der Waals surface area contributed by atoms with Gasteiger partial charge >= 0.3 is 0 Å². The van der Waals surface area contributed by atoms with Gasteiger partial charge in [0.05, 0.1) is 10.9 Å². The molecule has 3 heterocycles. The van der Waals surface area contributed by atoms with E-state index in [4.69, 9.17) is 0 Å². The Morgan fingerprint density at radius 2 is 2.27 bits per heavy atom. The van der Waals surface area contributed by atoms with Crippen molar-refractivity contribution in [1.29, 1.82) is 0 Å². The van der Waals surface area contributed by atoms with E-state index < -0.39 is 0 Å². The van der Waals surface area contributed by atoms with Gasteiger partial charge in [0.25, 0.3) is 5.91 Å². The zero-order valence-electron chi connectivity index (χ0n) is 12.9. The largest absolute Gasteiger partial charge is 0.336 e. The van der Waals surface area contributed by atoms with E-state index in [0.717, 1.165) is 49.5 Å². The van der Waals surface area contributed by atoms with E-state index in [9.17, 15) is 4.79 Å². The lowest BCUT2D eigenvalue weighted by molar-refractivity contribution is 0.0683. The Morgan fingerprint density at radius 1 is 1.36 bits per heavy atom. The van der Waals surface area contributed by atoms with Crippen LogP contribution in [0.4, 0.5) is 0 Å². The summed E-state index contributed by atoms with van der Waals surface area (Å²) in [5.74, 6) is 1.26. The average Bonchev–Trinajstić information content (AvgIpc) is 3.21. The van der Waals surface area contributed by atoms with Crippen LogP contribution in [0.25, 0.3) is 0 Å². The predicted octanol–water partition coefficient (Wildman–Crippen LogP) is 3.22. The Bertz CT molecular complexity index is 681. The van der Waals surface area contributed by atoms with E-state index in [1.54, 1.807) is 11.3 Å². The molecule has 4 nitrogen and oxygen atoms in total. The van der Waals surface area contributed by atoms with Gasteiger partial charge in [-0.05, 0) is 50.7 Å². The first-order valence-electron chi connectivity index (χ1n) is 8.12. The molecule has 1 saturated heterocycles. The number of hydrogen-bond acceptors (Lipinski definition) is 3. The Labute approximate surface area is 134 Å². The number of imidazole rings is 1. The molecule has 1 unspecified atom stereocenters. The molecule has 5 heteroatoms. The van der Waals surface area contributed by atoms with Crippen molar-refractivity contribution in [2.45, 2.75) is 45.1 Å². The second-order valence-electron chi connectivity index (χ2n) is 6.34. The Balaban J connectivity index is 1.52. The molecular weight excluding hydrogens is 294 g/mol. The van der Waals surface area contributed by atoms with E-state index >= 15 is 0 Å². The van der Waals surface area contributed by atoms with Crippen LogP contribution in [0.2, 0.25) is 0 Å². The highest BCUT2D eigenvalue weighted by molar-refractivity contribution is 7.14. The maximum absolute atomic E-state index is 12.8. The highest BCUT2D eigenvalue weighted by Crippen LogP contribution is 2.32. The van der Waals surface area contributed by atoms with Gasteiger partial charge in [0.2, 0.25) is 0 Å². The van der Waals surface area contributed by atoms with Crippen molar-refractivity contribution in [1.82, 2.24) is 14.5 Å². The summed E-state index contributed by atoms with van der Waals surface area (Å²) in [4.78, 5) is 21.5. The van der Waals surface area contributed by atoms with Crippen molar-refractivity contribution >= 4 is 17.2 Å². The maximum atomic E-state index is 12.8. The first kappa shape index (κ1) is 14.0. The van der Waals surface area contributed by atoms with Crippen LogP contribution >= 0.6 is 11.3 Å². The molecule has 1 fully saturated rings. The number of aromatic nitrogens is 2. The van der Waals surface area contributed by atoms with E-state index in [0.29, 0.717) is 6.04 Å².